The summed E-state index contributed by atoms with van der Waals surface area (Å²) in [5.41, 5.74) is 2.94. The van der Waals surface area contributed by atoms with Gasteiger partial charge in [0.15, 0.2) is 0 Å². The Balaban J connectivity index is 1.96. The molecule has 0 amide bonds. The Kier molecular flexibility index (Phi) is 4.11. The lowest BCUT2D eigenvalue weighted by Gasteiger charge is -2.18. The van der Waals surface area contributed by atoms with Gasteiger partial charge in [0.1, 0.15) is 17.2 Å². The van der Waals surface area contributed by atoms with E-state index in [9.17, 15) is 15.3 Å². The molecule has 5 rings (SSSR count). The second-order valence-electron chi connectivity index (χ2n) is 7.52. The van der Waals surface area contributed by atoms with Crippen LogP contribution in [0.25, 0.3) is 43.8 Å². The predicted molar refractivity (Wildman–Crippen MR) is 122 cm³/mol. The lowest BCUT2D eigenvalue weighted by Crippen LogP contribution is -1.91. The highest BCUT2D eigenvalue weighted by atomic mass is 16.3. The van der Waals surface area contributed by atoms with E-state index in [2.05, 4.69) is 0 Å². The number of hydrogen-bond acceptors (Lipinski definition) is 3. The van der Waals surface area contributed by atoms with Crippen molar-refractivity contribution in [1.82, 2.24) is 0 Å². The number of hydrogen-bond donors (Lipinski definition) is 3. The van der Waals surface area contributed by atoms with Gasteiger partial charge in [0, 0.05) is 22.3 Å². The van der Waals surface area contributed by atoms with Crippen molar-refractivity contribution in [3.8, 4) is 39.5 Å². The fourth-order valence-corrected chi connectivity index (χ4v) is 4.19. The smallest absolute Gasteiger partial charge is 0.132 e. The summed E-state index contributed by atoms with van der Waals surface area (Å²) < 4.78 is 0. The summed E-state index contributed by atoms with van der Waals surface area (Å²) in [6.07, 6.45) is 0. The highest BCUT2D eigenvalue weighted by Gasteiger charge is 2.21. The van der Waals surface area contributed by atoms with Gasteiger partial charge in [0.05, 0.1) is 0 Å². The Bertz CT molecular complexity index is 1430. The van der Waals surface area contributed by atoms with Crippen molar-refractivity contribution in [2.24, 2.45) is 0 Å². The minimum Gasteiger partial charge on any atom is -0.507 e. The van der Waals surface area contributed by atoms with Crippen molar-refractivity contribution < 1.29 is 15.3 Å². The van der Waals surface area contributed by atoms with E-state index < -0.39 is 0 Å². The van der Waals surface area contributed by atoms with Crippen molar-refractivity contribution in [3.63, 3.8) is 0 Å². The van der Waals surface area contributed by atoms with Crippen molar-refractivity contribution >= 4 is 21.5 Å². The molecule has 0 bridgehead atoms. The van der Waals surface area contributed by atoms with E-state index in [4.69, 9.17) is 0 Å². The Hall–Kier alpha value is -3.98. The summed E-state index contributed by atoms with van der Waals surface area (Å²) in [5.74, 6) is 0.261. The van der Waals surface area contributed by atoms with E-state index in [1.807, 2.05) is 79.7 Å². The number of rotatable bonds is 2. The van der Waals surface area contributed by atoms with Gasteiger partial charge in [-0.15, -0.1) is 0 Å². The average Bonchev–Trinajstić information content (AvgIpc) is 2.76. The van der Waals surface area contributed by atoms with Crippen LogP contribution in [0.1, 0.15) is 5.56 Å². The van der Waals surface area contributed by atoms with Gasteiger partial charge in [-0.2, -0.15) is 0 Å². The van der Waals surface area contributed by atoms with Gasteiger partial charge >= 0.3 is 0 Å². The number of para-hydroxylation sites is 1. The standard InChI is InChI=1S/C27H20O3/c1-16-7-6-12-21(26(16)29)22-15-18-9-3-5-11-20(18)25(27(22)30)24-19-10-4-2-8-17(19)13-14-23(24)28/h2-15,28-30H,1H3. The molecule has 5 aromatic carbocycles. The molecule has 30 heavy (non-hydrogen) atoms. The van der Waals surface area contributed by atoms with Crippen LogP contribution in [0.2, 0.25) is 0 Å². The molecule has 0 aliphatic rings. The maximum absolute atomic E-state index is 11.5. The molecule has 0 saturated heterocycles. The van der Waals surface area contributed by atoms with E-state index in [1.165, 1.54) is 0 Å². The van der Waals surface area contributed by atoms with Crippen LogP contribution in [-0.4, -0.2) is 15.3 Å². The molecule has 5 aromatic rings. The minimum absolute atomic E-state index is 0.0289. The predicted octanol–water partition coefficient (Wildman–Crippen LogP) is 6.75. The number of phenolic OH excluding ortho intramolecular Hbond substituents is 3. The van der Waals surface area contributed by atoms with E-state index in [0.717, 1.165) is 27.1 Å². The molecule has 0 aliphatic heterocycles. The summed E-state index contributed by atoms with van der Waals surface area (Å²) in [4.78, 5) is 0. The van der Waals surface area contributed by atoms with Crippen molar-refractivity contribution in [2.45, 2.75) is 6.92 Å². The van der Waals surface area contributed by atoms with Gasteiger partial charge in [-0.05, 0) is 46.2 Å². The van der Waals surface area contributed by atoms with E-state index in [-0.39, 0.29) is 17.2 Å². The molecule has 3 nitrogen and oxygen atoms in total. The lowest BCUT2D eigenvalue weighted by atomic mass is 9.88. The molecular formula is C27H20O3. The van der Waals surface area contributed by atoms with Crippen LogP contribution in [0.4, 0.5) is 0 Å². The normalized spacial score (nSPS) is 11.2. The molecule has 0 aliphatic carbocycles. The quantitative estimate of drug-likeness (QED) is 0.311. The van der Waals surface area contributed by atoms with Crippen LogP contribution < -0.4 is 0 Å². The number of fused-ring (bicyclic) bond motifs is 2. The van der Waals surface area contributed by atoms with Crippen LogP contribution >= 0.6 is 0 Å². The molecule has 0 unspecified atom stereocenters. The third-order valence-corrected chi connectivity index (χ3v) is 5.71. The monoisotopic (exact) mass is 392 g/mol. The van der Waals surface area contributed by atoms with Crippen LogP contribution in [0, 0.1) is 6.92 Å². The van der Waals surface area contributed by atoms with Gasteiger partial charge in [0.25, 0.3) is 0 Å². The molecule has 0 heterocycles. The third-order valence-electron chi connectivity index (χ3n) is 5.71. The number of benzene rings is 5. The largest absolute Gasteiger partial charge is 0.507 e. The first kappa shape index (κ1) is 18.1. The fourth-order valence-electron chi connectivity index (χ4n) is 4.19. The number of aromatic hydroxyl groups is 3. The minimum atomic E-state index is 0.0289. The SMILES string of the molecule is Cc1cccc(-c2cc3ccccc3c(-c3c(O)ccc4ccccc34)c2O)c1O. The molecule has 0 radical (unpaired) electrons. The zero-order valence-corrected chi connectivity index (χ0v) is 16.4. The summed E-state index contributed by atoms with van der Waals surface area (Å²) in [5, 5.41) is 36.6. The van der Waals surface area contributed by atoms with Gasteiger partial charge < -0.3 is 15.3 Å². The Labute approximate surface area is 174 Å². The van der Waals surface area contributed by atoms with Gasteiger partial charge in [-0.1, -0.05) is 72.8 Å². The number of aryl methyl sites for hydroxylation is 1. The molecule has 0 fully saturated rings. The second-order valence-corrected chi connectivity index (χ2v) is 7.52. The zero-order chi connectivity index (χ0) is 20.8. The first-order chi connectivity index (χ1) is 14.6. The Morgan fingerprint density at radius 2 is 1.20 bits per heavy atom. The van der Waals surface area contributed by atoms with E-state index in [0.29, 0.717) is 22.3 Å². The van der Waals surface area contributed by atoms with Crippen molar-refractivity contribution in [1.29, 1.82) is 0 Å². The fraction of sp³-hybridized carbons (Fsp3) is 0.0370. The molecule has 0 spiro atoms. The molecular weight excluding hydrogens is 372 g/mol. The topological polar surface area (TPSA) is 60.7 Å². The molecule has 0 atom stereocenters. The van der Waals surface area contributed by atoms with Crippen LogP contribution in [0.15, 0.2) is 84.9 Å². The molecule has 0 saturated carbocycles. The van der Waals surface area contributed by atoms with E-state index in [1.54, 1.807) is 12.1 Å². The highest BCUT2D eigenvalue weighted by molar-refractivity contribution is 6.12. The summed E-state index contributed by atoms with van der Waals surface area (Å²) in [6.45, 7) is 1.83. The highest BCUT2D eigenvalue weighted by Crippen LogP contribution is 2.49. The van der Waals surface area contributed by atoms with Crippen LogP contribution in [-0.2, 0) is 0 Å². The average molecular weight is 392 g/mol. The Morgan fingerprint density at radius 1 is 0.533 bits per heavy atom. The van der Waals surface area contributed by atoms with Crippen molar-refractivity contribution in [3.05, 3.63) is 90.5 Å². The summed E-state index contributed by atoms with van der Waals surface area (Å²) >= 11 is 0. The van der Waals surface area contributed by atoms with Crippen molar-refractivity contribution in [2.75, 3.05) is 0 Å². The first-order valence-corrected chi connectivity index (χ1v) is 9.81. The third kappa shape index (κ3) is 2.67. The van der Waals surface area contributed by atoms with E-state index >= 15 is 0 Å². The van der Waals surface area contributed by atoms with Crippen LogP contribution in [0.3, 0.4) is 0 Å². The maximum atomic E-state index is 11.5. The van der Waals surface area contributed by atoms with Gasteiger partial charge in [-0.25, -0.2) is 0 Å². The lowest BCUT2D eigenvalue weighted by molar-refractivity contribution is 0.466. The van der Waals surface area contributed by atoms with Gasteiger partial charge in [0.2, 0.25) is 0 Å². The second kappa shape index (κ2) is 6.82. The number of phenols is 3. The molecule has 0 aromatic heterocycles. The van der Waals surface area contributed by atoms with Gasteiger partial charge in [-0.3, -0.25) is 0 Å². The zero-order valence-electron chi connectivity index (χ0n) is 16.4. The summed E-state index contributed by atoms with van der Waals surface area (Å²) in [7, 11) is 0. The maximum Gasteiger partial charge on any atom is 0.132 e. The van der Waals surface area contributed by atoms with Crippen LogP contribution in [0.5, 0.6) is 17.2 Å². The Morgan fingerprint density at radius 3 is 1.97 bits per heavy atom. The first-order valence-electron chi connectivity index (χ1n) is 9.81. The molecule has 3 heteroatoms. The molecule has 146 valence electrons. The molecule has 3 N–H and O–H groups in total. The summed E-state index contributed by atoms with van der Waals surface area (Å²) in [6, 6.07) is 26.4.